The third-order valence-corrected chi connectivity index (χ3v) is 4.90. The number of aryl methyl sites for hydroxylation is 1. The summed E-state index contributed by atoms with van der Waals surface area (Å²) in [4.78, 5) is 12.8. The van der Waals surface area contributed by atoms with Crippen LogP contribution in [-0.4, -0.2) is 5.78 Å². The molecule has 4 aromatic carbocycles. The van der Waals surface area contributed by atoms with E-state index in [1.165, 1.54) is 5.56 Å². The highest BCUT2D eigenvalue weighted by atomic mass is 16.5. The van der Waals surface area contributed by atoms with E-state index in [1.807, 2.05) is 91.0 Å². The summed E-state index contributed by atoms with van der Waals surface area (Å²) in [5.41, 5.74) is 5.85. The van der Waals surface area contributed by atoms with Crippen LogP contribution in [0.3, 0.4) is 0 Å². The lowest BCUT2D eigenvalue weighted by atomic mass is 9.99. The van der Waals surface area contributed by atoms with Gasteiger partial charge >= 0.3 is 0 Å². The molecule has 0 heterocycles. The monoisotopic (exact) mass is 378 g/mol. The van der Waals surface area contributed by atoms with E-state index >= 15 is 0 Å². The van der Waals surface area contributed by atoms with Gasteiger partial charge in [-0.25, -0.2) is 0 Å². The fraction of sp³-hybridized carbons (Fsp3) is 0.0741. The molecule has 0 spiro atoms. The molecule has 0 aliphatic heterocycles. The molecule has 0 radical (unpaired) electrons. The quantitative estimate of drug-likeness (QED) is 0.359. The first-order valence-electron chi connectivity index (χ1n) is 9.68. The number of carbonyl (C=O) groups is 1. The van der Waals surface area contributed by atoms with E-state index in [1.54, 1.807) is 0 Å². The SMILES string of the molecule is Cc1ccc(OCc2ccc(C(=O)c3ccc(-c4ccccc4)cc3)cc2)cc1. The maximum atomic E-state index is 12.8. The Balaban J connectivity index is 1.41. The molecule has 2 nitrogen and oxygen atoms in total. The Kier molecular flexibility index (Phi) is 5.53. The zero-order valence-electron chi connectivity index (χ0n) is 16.3. The topological polar surface area (TPSA) is 26.3 Å². The standard InChI is InChI=1S/C27H22O2/c1-20-7-17-26(18-8-20)29-19-21-9-11-24(12-10-21)27(28)25-15-13-23(14-16-25)22-5-3-2-4-6-22/h2-18H,19H2,1H3. The molecule has 0 bridgehead atoms. The lowest BCUT2D eigenvalue weighted by Gasteiger charge is -2.08. The zero-order chi connectivity index (χ0) is 20.1. The Labute approximate surface area is 171 Å². The Morgan fingerprint density at radius 3 is 1.83 bits per heavy atom. The minimum Gasteiger partial charge on any atom is -0.489 e. The van der Waals surface area contributed by atoms with Crippen LogP contribution in [-0.2, 0) is 6.61 Å². The van der Waals surface area contributed by atoms with Crippen LogP contribution in [0.25, 0.3) is 11.1 Å². The second kappa shape index (κ2) is 8.57. The van der Waals surface area contributed by atoms with Crippen LogP contribution in [0.5, 0.6) is 5.75 Å². The summed E-state index contributed by atoms with van der Waals surface area (Å²) >= 11 is 0. The number of ether oxygens (including phenoxy) is 1. The van der Waals surface area contributed by atoms with Gasteiger partial charge < -0.3 is 4.74 Å². The highest BCUT2D eigenvalue weighted by Crippen LogP contribution is 2.21. The Morgan fingerprint density at radius 1 is 0.655 bits per heavy atom. The van der Waals surface area contributed by atoms with Gasteiger partial charge in [0.05, 0.1) is 0 Å². The van der Waals surface area contributed by atoms with Crippen molar-refractivity contribution in [3.8, 4) is 16.9 Å². The molecule has 4 rings (SSSR count). The van der Waals surface area contributed by atoms with Gasteiger partial charge in [0.2, 0.25) is 0 Å². The molecular weight excluding hydrogens is 356 g/mol. The number of hydrogen-bond donors (Lipinski definition) is 0. The first-order chi connectivity index (χ1) is 14.2. The summed E-state index contributed by atoms with van der Waals surface area (Å²) in [6.07, 6.45) is 0. The summed E-state index contributed by atoms with van der Waals surface area (Å²) in [5, 5.41) is 0. The van der Waals surface area contributed by atoms with Crippen molar-refractivity contribution in [2.75, 3.05) is 0 Å². The molecule has 29 heavy (non-hydrogen) atoms. The van der Waals surface area contributed by atoms with Crippen LogP contribution < -0.4 is 4.74 Å². The summed E-state index contributed by atoms with van der Waals surface area (Å²) in [6.45, 7) is 2.53. The second-order valence-corrected chi connectivity index (χ2v) is 7.07. The molecule has 0 aliphatic carbocycles. The van der Waals surface area contributed by atoms with Gasteiger partial charge in [-0.15, -0.1) is 0 Å². The van der Waals surface area contributed by atoms with Gasteiger partial charge in [-0.05, 0) is 35.7 Å². The molecule has 0 atom stereocenters. The van der Waals surface area contributed by atoms with Crippen LogP contribution in [0.4, 0.5) is 0 Å². The van der Waals surface area contributed by atoms with Crippen LogP contribution in [0, 0.1) is 6.92 Å². The number of benzene rings is 4. The number of carbonyl (C=O) groups excluding carboxylic acids is 1. The molecular formula is C27H22O2. The number of hydrogen-bond acceptors (Lipinski definition) is 2. The largest absolute Gasteiger partial charge is 0.489 e. The minimum absolute atomic E-state index is 0.0237. The summed E-state index contributed by atoms with van der Waals surface area (Å²) in [7, 11) is 0. The predicted octanol–water partition coefficient (Wildman–Crippen LogP) is 6.47. The van der Waals surface area contributed by atoms with E-state index in [-0.39, 0.29) is 5.78 Å². The summed E-state index contributed by atoms with van der Waals surface area (Å²) < 4.78 is 5.80. The van der Waals surface area contributed by atoms with Gasteiger partial charge in [-0.2, -0.15) is 0 Å². The van der Waals surface area contributed by atoms with E-state index in [9.17, 15) is 4.79 Å². The lowest BCUT2D eigenvalue weighted by molar-refractivity contribution is 0.103. The fourth-order valence-corrected chi connectivity index (χ4v) is 3.16. The average Bonchev–Trinajstić information content (AvgIpc) is 2.79. The van der Waals surface area contributed by atoms with Crippen molar-refractivity contribution in [3.05, 3.63) is 125 Å². The van der Waals surface area contributed by atoms with Crippen LogP contribution in [0.15, 0.2) is 103 Å². The molecule has 4 aromatic rings. The minimum atomic E-state index is 0.0237. The first kappa shape index (κ1) is 18.7. The maximum absolute atomic E-state index is 12.8. The van der Waals surface area contributed by atoms with E-state index in [0.717, 1.165) is 22.4 Å². The van der Waals surface area contributed by atoms with Gasteiger partial charge in [-0.3, -0.25) is 4.79 Å². The van der Waals surface area contributed by atoms with Gasteiger partial charge in [0.25, 0.3) is 0 Å². The highest BCUT2D eigenvalue weighted by Gasteiger charge is 2.09. The van der Waals surface area contributed by atoms with Crippen LogP contribution in [0.2, 0.25) is 0 Å². The van der Waals surface area contributed by atoms with Gasteiger partial charge in [0, 0.05) is 11.1 Å². The van der Waals surface area contributed by atoms with Crippen LogP contribution >= 0.6 is 0 Å². The Morgan fingerprint density at radius 2 is 1.21 bits per heavy atom. The van der Waals surface area contributed by atoms with Crippen molar-refractivity contribution in [3.63, 3.8) is 0 Å². The van der Waals surface area contributed by atoms with Crippen molar-refractivity contribution in [1.29, 1.82) is 0 Å². The molecule has 0 fully saturated rings. The Hall–Kier alpha value is -3.65. The second-order valence-electron chi connectivity index (χ2n) is 7.07. The molecule has 0 N–H and O–H groups in total. The summed E-state index contributed by atoms with van der Waals surface area (Å²) in [6, 6.07) is 33.5. The van der Waals surface area contributed by atoms with Crippen LogP contribution in [0.1, 0.15) is 27.0 Å². The van der Waals surface area contributed by atoms with Gasteiger partial charge in [-0.1, -0.05) is 96.6 Å². The average molecular weight is 378 g/mol. The Bertz CT molecular complexity index is 1080. The molecule has 0 saturated heterocycles. The molecule has 142 valence electrons. The molecule has 0 saturated carbocycles. The number of rotatable bonds is 6. The molecule has 0 amide bonds. The molecule has 2 heteroatoms. The highest BCUT2D eigenvalue weighted by molar-refractivity contribution is 6.09. The van der Waals surface area contributed by atoms with E-state index < -0.39 is 0 Å². The van der Waals surface area contributed by atoms with Crippen molar-refractivity contribution in [2.45, 2.75) is 13.5 Å². The maximum Gasteiger partial charge on any atom is 0.193 e. The smallest absolute Gasteiger partial charge is 0.193 e. The van der Waals surface area contributed by atoms with Crippen molar-refractivity contribution in [2.24, 2.45) is 0 Å². The van der Waals surface area contributed by atoms with Crippen molar-refractivity contribution in [1.82, 2.24) is 0 Å². The first-order valence-corrected chi connectivity index (χ1v) is 9.68. The van der Waals surface area contributed by atoms with Crippen molar-refractivity contribution < 1.29 is 9.53 Å². The zero-order valence-corrected chi connectivity index (χ0v) is 16.3. The molecule has 0 aromatic heterocycles. The third-order valence-electron chi connectivity index (χ3n) is 4.90. The number of ketones is 1. The van der Waals surface area contributed by atoms with E-state index in [2.05, 4.69) is 19.1 Å². The lowest BCUT2D eigenvalue weighted by Crippen LogP contribution is -2.02. The van der Waals surface area contributed by atoms with E-state index in [0.29, 0.717) is 17.7 Å². The fourth-order valence-electron chi connectivity index (χ4n) is 3.16. The third kappa shape index (κ3) is 4.61. The van der Waals surface area contributed by atoms with Gasteiger partial charge in [0.1, 0.15) is 12.4 Å². The predicted molar refractivity (Wildman–Crippen MR) is 117 cm³/mol. The summed E-state index contributed by atoms with van der Waals surface area (Å²) in [5.74, 6) is 0.866. The van der Waals surface area contributed by atoms with Crippen molar-refractivity contribution >= 4 is 5.78 Å². The molecule has 0 aliphatic rings. The molecule has 0 unspecified atom stereocenters. The normalized spacial score (nSPS) is 10.5. The van der Waals surface area contributed by atoms with E-state index in [4.69, 9.17) is 4.74 Å². The van der Waals surface area contributed by atoms with Gasteiger partial charge in [0.15, 0.2) is 5.78 Å².